The number of nitrogens with two attached hydrogens (primary N) is 1. The zero-order valence-corrected chi connectivity index (χ0v) is 9.33. The molecule has 2 aliphatic rings. The van der Waals surface area contributed by atoms with E-state index in [1.807, 2.05) is 0 Å². The summed E-state index contributed by atoms with van der Waals surface area (Å²) in [5, 5.41) is 0. The van der Waals surface area contributed by atoms with Crippen LogP contribution in [0.5, 0.6) is 0 Å². The lowest BCUT2D eigenvalue weighted by Gasteiger charge is -2.24. The van der Waals surface area contributed by atoms with E-state index in [0.717, 1.165) is 18.5 Å². The highest BCUT2D eigenvalue weighted by molar-refractivity contribution is 5.01. The maximum absolute atomic E-state index is 5.08. The zero-order valence-electron chi connectivity index (χ0n) is 9.33. The number of hydrogen-bond donors (Lipinski definition) is 1. The summed E-state index contributed by atoms with van der Waals surface area (Å²) in [7, 11) is 0. The van der Waals surface area contributed by atoms with Crippen molar-refractivity contribution >= 4 is 0 Å². The molecular weight excluding hydrogens is 176 g/mol. The Morgan fingerprint density at radius 3 is 2.93 bits per heavy atom. The summed E-state index contributed by atoms with van der Waals surface area (Å²) in [6, 6.07) is 0.806. The van der Waals surface area contributed by atoms with Gasteiger partial charge in [0.25, 0.3) is 0 Å². The Bertz CT molecular complexity index is 205. The van der Waals surface area contributed by atoms with Crippen molar-refractivity contribution in [2.75, 3.05) is 19.7 Å². The molecule has 14 heavy (non-hydrogen) atoms. The van der Waals surface area contributed by atoms with Crippen molar-refractivity contribution in [2.24, 2.45) is 17.2 Å². The SMILES string of the molecule is CC1(C)CN(CCON)C2CCCC21. The average Bonchev–Trinajstić information content (AvgIpc) is 2.67. The van der Waals surface area contributed by atoms with E-state index < -0.39 is 0 Å². The lowest BCUT2D eigenvalue weighted by molar-refractivity contribution is 0.0978. The van der Waals surface area contributed by atoms with Gasteiger partial charge in [-0.3, -0.25) is 4.90 Å². The van der Waals surface area contributed by atoms with Crippen LogP contribution in [0.2, 0.25) is 0 Å². The van der Waals surface area contributed by atoms with Gasteiger partial charge in [0.05, 0.1) is 6.61 Å². The molecule has 0 spiro atoms. The number of fused-ring (bicyclic) bond motifs is 1. The molecular formula is C11H22N2O. The molecule has 1 aliphatic heterocycles. The fourth-order valence-corrected chi connectivity index (χ4v) is 3.46. The van der Waals surface area contributed by atoms with Gasteiger partial charge in [0, 0.05) is 19.1 Å². The Morgan fingerprint density at radius 1 is 1.43 bits per heavy atom. The van der Waals surface area contributed by atoms with Crippen LogP contribution in [0.1, 0.15) is 33.1 Å². The number of nitrogens with zero attached hydrogens (tertiary/aromatic N) is 1. The van der Waals surface area contributed by atoms with E-state index >= 15 is 0 Å². The summed E-state index contributed by atoms with van der Waals surface area (Å²) >= 11 is 0. The van der Waals surface area contributed by atoms with Crippen molar-refractivity contribution in [3.63, 3.8) is 0 Å². The lowest BCUT2D eigenvalue weighted by Crippen LogP contribution is -2.33. The van der Waals surface area contributed by atoms with Gasteiger partial charge in [-0.05, 0) is 24.2 Å². The Hall–Kier alpha value is -0.120. The first-order valence-electron chi connectivity index (χ1n) is 5.71. The molecule has 3 heteroatoms. The molecule has 0 amide bonds. The van der Waals surface area contributed by atoms with Crippen LogP contribution in [0.15, 0.2) is 0 Å². The smallest absolute Gasteiger partial charge is 0.0806 e. The van der Waals surface area contributed by atoms with Gasteiger partial charge in [-0.1, -0.05) is 20.3 Å². The summed E-state index contributed by atoms with van der Waals surface area (Å²) in [4.78, 5) is 7.25. The highest BCUT2D eigenvalue weighted by atomic mass is 16.6. The molecule has 2 N–H and O–H groups in total. The minimum atomic E-state index is 0.496. The summed E-state index contributed by atoms with van der Waals surface area (Å²) in [6.07, 6.45) is 4.19. The Balaban J connectivity index is 2.00. The molecule has 0 bridgehead atoms. The van der Waals surface area contributed by atoms with Crippen LogP contribution in [0.4, 0.5) is 0 Å². The molecule has 2 unspecified atom stereocenters. The second-order valence-electron chi connectivity index (χ2n) is 5.43. The molecule has 1 aliphatic carbocycles. The largest absolute Gasteiger partial charge is 0.303 e. The minimum Gasteiger partial charge on any atom is -0.303 e. The van der Waals surface area contributed by atoms with Crippen LogP contribution in [-0.2, 0) is 4.84 Å². The second kappa shape index (κ2) is 3.80. The third-order valence-electron chi connectivity index (χ3n) is 4.06. The van der Waals surface area contributed by atoms with Gasteiger partial charge < -0.3 is 4.84 Å². The molecule has 0 radical (unpaired) electrons. The van der Waals surface area contributed by atoms with E-state index in [4.69, 9.17) is 5.90 Å². The summed E-state index contributed by atoms with van der Waals surface area (Å²) < 4.78 is 0. The first-order valence-corrected chi connectivity index (χ1v) is 5.71. The Labute approximate surface area is 86.5 Å². The van der Waals surface area contributed by atoms with Gasteiger partial charge in [-0.15, -0.1) is 0 Å². The van der Waals surface area contributed by atoms with Crippen LogP contribution in [0, 0.1) is 11.3 Å². The molecule has 3 nitrogen and oxygen atoms in total. The van der Waals surface area contributed by atoms with E-state index in [1.54, 1.807) is 0 Å². The maximum Gasteiger partial charge on any atom is 0.0806 e. The highest BCUT2D eigenvalue weighted by Crippen LogP contribution is 2.48. The van der Waals surface area contributed by atoms with Crippen LogP contribution in [0.25, 0.3) is 0 Å². The van der Waals surface area contributed by atoms with E-state index in [9.17, 15) is 0 Å². The van der Waals surface area contributed by atoms with Crippen molar-refractivity contribution in [2.45, 2.75) is 39.2 Å². The van der Waals surface area contributed by atoms with Gasteiger partial charge in [0.2, 0.25) is 0 Å². The molecule has 0 aromatic heterocycles. The summed E-state index contributed by atoms with van der Waals surface area (Å²) in [5.41, 5.74) is 0.496. The summed E-state index contributed by atoms with van der Waals surface area (Å²) in [5.74, 6) is 5.99. The average molecular weight is 198 g/mol. The van der Waals surface area contributed by atoms with Gasteiger partial charge in [-0.25, -0.2) is 5.90 Å². The molecule has 1 saturated heterocycles. The maximum atomic E-state index is 5.08. The molecule has 2 rings (SSSR count). The topological polar surface area (TPSA) is 38.5 Å². The first-order chi connectivity index (χ1) is 6.65. The molecule has 1 heterocycles. The van der Waals surface area contributed by atoms with E-state index in [1.165, 1.54) is 25.8 Å². The Kier molecular flexibility index (Phi) is 2.82. The summed E-state index contributed by atoms with van der Waals surface area (Å²) in [6.45, 7) is 7.69. The minimum absolute atomic E-state index is 0.496. The molecule has 1 saturated carbocycles. The monoisotopic (exact) mass is 198 g/mol. The fraction of sp³-hybridized carbons (Fsp3) is 1.00. The Morgan fingerprint density at radius 2 is 2.21 bits per heavy atom. The van der Waals surface area contributed by atoms with Gasteiger partial charge >= 0.3 is 0 Å². The third-order valence-corrected chi connectivity index (χ3v) is 4.06. The molecule has 2 fully saturated rings. The normalized spacial score (nSPS) is 36.2. The number of hydrogen-bond acceptors (Lipinski definition) is 3. The highest BCUT2D eigenvalue weighted by Gasteiger charge is 2.48. The third kappa shape index (κ3) is 1.69. The quantitative estimate of drug-likeness (QED) is 0.696. The molecule has 0 aromatic rings. The first kappa shape index (κ1) is 10.4. The van der Waals surface area contributed by atoms with Gasteiger partial charge in [0.1, 0.15) is 0 Å². The van der Waals surface area contributed by atoms with Crippen molar-refractivity contribution in [1.82, 2.24) is 4.90 Å². The zero-order chi connectivity index (χ0) is 10.2. The standard InChI is InChI=1S/C11H22N2O/c1-11(2)8-13(6-7-14-12)10-5-3-4-9(10)11/h9-10H,3-8,12H2,1-2H3. The molecule has 82 valence electrons. The van der Waals surface area contributed by atoms with Crippen LogP contribution in [0.3, 0.4) is 0 Å². The van der Waals surface area contributed by atoms with Crippen LogP contribution >= 0.6 is 0 Å². The molecule has 2 atom stereocenters. The predicted molar refractivity (Wildman–Crippen MR) is 56.6 cm³/mol. The van der Waals surface area contributed by atoms with Gasteiger partial charge in [-0.2, -0.15) is 0 Å². The van der Waals surface area contributed by atoms with Crippen molar-refractivity contribution in [3.05, 3.63) is 0 Å². The van der Waals surface area contributed by atoms with E-state index in [-0.39, 0.29) is 0 Å². The predicted octanol–water partition coefficient (Wildman–Crippen LogP) is 1.39. The molecule has 0 aromatic carbocycles. The number of likely N-dealkylation sites (tertiary alicyclic amines) is 1. The van der Waals surface area contributed by atoms with Crippen molar-refractivity contribution < 1.29 is 4.84 Å². The van der Waals surface area contributed by atoms with Crippen molar-refractivity contribution in [1.29, 1.82) is 0 Å². The lowest BCUT2D eigenvalue weighted by atomic mass is 9.80. The van der Waals surface area contributed by atoms with E-state index in [2.05, 4.69) is 23.6 Å². The van der Waals surface area contributed by atoms with Crippen molar-refractivity contribution in [3.8, 4) is 0 Å². The van der Waals surface area contributed by atoms with Gasteiger partial charge in [0.15, 0.2) is 0 Å². The number of rotatable bonds is 3. The second-order valence-corrected chi connectivity index (χ2v) is 5.43. The van der Waals surface area contributed by atoms with Crippen LogP contribution in [-0.4, -0.2) is 30.6 Å². The fourth-order valence-electron chi connectivity index (χ4n) is 3.46. The van der Waals surface area contributed by atoms with Crippen LogP contribution < -0.4 is 5.90 Å². The van der Waals surface area contributed by atoms with E-state index in [0.29, 0.717) is 12.0 Å².